The summed E-state index contributed by atoms with van der Waals surface area (Å²) in [6.45, 7) is 6.79. The zero-order chi connectivity index (χ0) is 11.3. The second kappa shape index (κ2) is 3.49. The van der Waals surface area contributed by atoms with Crippen molar-refractivity contribution in [3.8, 4) is 0 Å². The van der Waals surface area contributed by atoms with E-state index in [0.717, 1.165) is 12.3 Å². The first-order valence-electron chi connectivity index (χ1n) is 5.38. The van der Waals surface area contributed by atoms with Gasteiger partial charge in [-0.1, -0.05) is 31.7 Å². The molecule has 3 aliphatic carbocycles. The SMILES string of the molecule is CSC(=S)OC12CC(CC=C1C)C2(C)C. The lowest BCUT2D eigenvalue weighted by Gasteiger charge is -2.63. The van der Waals surface area contributed by atoms with E-state index in [4.69, 9.17) is 17.0 Å². The van der Waals surface area contributed by atoms with Crippen LogP contribution in [0.25, 0.3) is 0 Å². The molecule has 2 bridgehead atoms. The van der Waals surface area contributed by atoms with Crippen LogP contribution < -0.4 is 0 Å². The van der Waals surface area contributed by atoms with Gasteiger partial charge >= 0.3 is 0 Å². The van der Waals surface area contributed by atoms with Crippen molar-refractivity contribution in [3.63, 3.8) is 0 Å². The van der Waals surface area contributed by atoms with Crippen LogP contribution in [0.3, 0.4) is 0 Å². The van der Waals surface area contributed by atoms with E-state index < -0.39 is 0 Å². The maximum Gasteiger partial charge on any atom is 0.220 e. The summed E-state index contributed by atoms with van der Waals surface area (Å²) < 4.78 is 6.72. The van der Waals surface area contributed by atoms with Crippen LogP contribution in [0.15, 0.2) is 11.6 Å². The molecule has 0 amide bonds. The van der Waals surface area contributed by atoms with E-state index in [2.05, 4.69) is 26.8 Å². The number of hydrogen-bond donors (Lipinski definition) is 0. The maximum absolute atomic E-state index is 6.05. The third kappa shape index (κ3) is 1.39. The molecule has 1 fully saturated rings. The highest BCUT2D eigenvalue weighted by molar-refractivity contribution is 8.22. The van der Waals surface area contributed by atoms with Crippen molar-refractivity contribution in [2.24, 2.45) is 11.3 Å². The van der Waals surface area contributed by atoms with Gasteiger partial charge in [0.2, 0.25) is 4.38 Å². The monoisotopic (exact) mass is 242 g/mol. The fourth-order valence-corrected chi connectivity index (χ4v) is 3.40. The van der Waals surface area contributed by atoms with Gasteiger partial charge in [-0.3, -0.25) is 0 Å². The fraction of sp³-hybridized carbons (Fsp3) is 0.750. The van der Waals surface area contributed by atoms with E-state index in [9.17, 15) is 0 Å². The van der Waals surface area contributed by atoms with E-state index in [1.807, 2.05) is 6.26 Å². The topological polar surface area (TPSA) is 9.23 Å². The van der Waals surface area contributed by atoms with Crippen LogP contribution in [-0.2, 0) is 4.74 Å². The van der Waals surface area contributed by atoms with Crippen molar-refractivity contribution in [1.82, 2.24) is 0 Å². The molecular formula is C12H18OS2. The Kier molecular flexibility index (Phi) is 2.67. The third-order valence-electron chi connectivity index (χ3n) is 4.37. The lowest BCUT2D eigenvalue weighted by molar-refractivity contribution is -0.162. The Morgan fingerprint density at radius 3 is 2.73 bits per heavy atom. The summed E-state index contributed by atoms with van der Waals surface area (Å²) in [6, 6.07) is 0. The van der Waals surface area contributed by atoms with Crippen molar-refractivity contribution in [1.29, 1.82) is 0 Å². The van der Waals surface area contributed by atoms with Crippen molar-refractivity contribution in [3.05, 3.63) is 11.6 Å². The average Bonchev–Trinajstić information content (AvgIpc) is 2.20. The Morgan fingerprint density at radius 1 is 1.60 bits per heavy atom. The smallest absolute Gasteiger partial charge is 0.220 e. The lowest BCUT2D eigenvalue weighted by atomic mass is 9.46. The Bertz CT molecular complexity index is 333. The predicted molar refractivity (Wildman–Crippen MR) is 70.2 cm³/mol. The Hall–Kier alpha value is -0.0200. The molecule has 3 heteroatoms. The molecule has 0 radical (unpaired) electrons. The normalized spacial score (nSPS) is 36.5. The number of ether oxygens (including phenoxy) is 1. The molecule has 0 saturated heterocycles. The molecule has 0 aromatic heterocycles. The number of rotatable bonds is 1. The standard InChI is InChI=1S/C12H18OS2/c1-8-5-6-9-7-12(8,11(9,2)3)13-10(14)15-4/h5,9H,6-7H2,1-4H3. The number of thiocarbonyl (C=S) groups is 1. The van der Waals surface area contributed by atoms with Crippen molar-refractivity contribution < 1.29 is 4.74 Å². The highest BCUT2D eigenvalue weighted by Crippen LogP contribution is 2.64. The molecule has 0 N–H and O–H groups in total. The van der Waals surface area contributed by atoms with Crippen LogP contribution in [0, 0.1) is 11.3 Å². The summed E-state index contributed by atoms with van der Waals surface area (Å²) in [7, 11) is 0. The molecule has 0 spiro atoms. The molecule has 2 unspecified atom stereocenters. The van der Waals surface area contributed by atoms with E-state index in [-0.39, 0.29) is 11.0 Å². The summed E-state index contributed by atoms with van der Waals surface area (Å²) in [5.41, 5.74) is 1.51. The largest absolute Gasteiger partial charge is 0.467 e. The van der Waals surface area contributed by atoms with Gasteiger partial charge in [0.25, 0.3) is 0 Å². The Morgan fingerprint density at radius 2 is 2.27 bits per heavy atom. The molecule has 3 aliphatic rings. The molecule has 1 saturated carbocycles. The summed E-state index contributed by atoms with van der Waals surface area (Å²) in [4.78, 5) is 0. The van der Waals surface area contributed by atoms with Crippen molar-refractivity contribution >= 4 is 28.4 Å². The van der Waals surface area contributed by atoms with Crippen molar-refractivity contribution in [2.45, 2.75) is 39.2 Å². The van der Waals surface area contributed by atoms with Crippen LogP contribution in [0.5, 0.6) is 0 Å². The molecule has 1 nitrogen and oxygen atoms in total. The first-order valence-corrected chi connectivity index (χ1v) is 7.01. The minimum absolute atomic E-state index is 0.101. The molecule has 84 valence electrons. The summed E-state index contributed by atoms with van der Waals surface area (Å²) in [5, 5.41) is 0. The predicted octanol–water partition coefficient (Wildman–Crippen LogP) is 3.79. The first-order chi connectivity index (χ1) is 6.94. The molecular weight excluding hydrogens is 224 g/mol. The summed E-state index contributed by atoms with van der Waals surface area (Å²) >= 11 is 6.73. The number of thioether (sulfide) groups is 1. The van der Waals surface area contributed by atoms with Gasteiger partial charge < -0.3 is 4.74 Å². The number of fused-ring (bicyclic) bond motifs is 1. The molecule has 0 aliphatic heterocycles. The fourth-order valence-electron chi connectivity index (χ4n) is 3.03. The number of allylic oxidation sites excluding steroid dienone is 1. The lowest BCUT2D eigenvalue weighted by Crippen LogP contribution is -2.64. The molecule has 3 rings (SSSR count). The summed E-state index contributed by atoms with van der Waals surface area (Å²) in [5.74, 6) is 0.769. The van der Waals surface area contributed by atoms with Gasteiger partial charge in [0, 0.05) is 5.41 Å². The van der Waals surface area contributed by atoms with Crippen LogP contribution in [-0.4, -0.2) is 16.2 Å². The summed E-state index contributed by atoms with van der Waals surface area (Å²) in [6.07, 6.45) is 6.64. The Balaban J connectivity index is 2.29. The molecule has 0 aromatic carbocycles. The molecule has 0 aromatic rings. The van der Waals surface area contributed by atoms with Gasteiger partial charge in [-0.05, 0) is 49.7 Å². The zero-order valence-corrected chi connectivity index (χ0v) is 11.4. The van der Waals surface area contributed by atoms with Crippen molar-refractivity contribution in [2.75, 3.05) is 6.26 Å². The van der Waals surface area contributed by atoms with Crippen LogP contribution in [0.2, 0.25) is 0 Å². The van der Waals surface area contributed by atoms with E-state index in [0.29, 0.717) is 4.38 Å². The van der Waals surface area contributed by atoms with Gasteiger partial charge in [0.15, 0.2) is 0 Å². The van der Waals surface area contributed by atoms with Gasteiger partial charge in [-0.15, -0.1) is 0 Å². The van der Waals surface area contributed by atoms with Gasteiger partial charge in [-0.2, -0.15) is 0 Å². The van der Waals surface area contributed by atoms with Gasteiger partial charge in [0.1, 0.15) is 5.60 Å². The van der Waals surface area contributed by atoms with Crippen LogP contribution in [0.1, 0.15) is 33.6 Å². The highest BCUT2D eigenvalue weighted by atomic mass is 32.2. The Labute approximate surface area is 102 Å². The molecule has 0 heterocycles. The minimum atomic E-state index is -0.101. The van der Waals surface area contributed by atoms with E-state index in [1.165, 1.54) is 23.8 Å². The first kappa shape index (κ1) is 11.5. The second-order valence-electron chi connectivity index (χ2n) is 5.13. The third-order valence-corrected chi connectivity index (χ3v) is 5.37. The maximum atomic E-state index is 6.05. The average molecular weight is 242 g/mol. The number of hydrogen-bond acceptors (Lipinski definition) is 3. The van der Waals surface area contributed by atoms with Gasteiger partial charge in [0.05, 0.1) is 0 Å². The van der Waals surface area contributed by atoms with Crippen LogP contribution in [0.4, 0.5) is 0 Å². The zero-order valence-electron chi connectivity index (χ0n) is 9.79. The van der Waals surface area contributed by atoms with Crippen LogP contribution >= 0.6 is 24.0 Å². The van der Waals surface area contributed by atoms with Gasteiger partial charge in [-0.25, -0.2) is 0 Å². The minimum Gasteiger partial charge on any atom is -0.467 e. The van der Waals surface area contributed by atoms with E-state index >= 15 is 0 Å². The van der Waals surface area contributed by atoms with E-state index in [1.54, 1.807) is 0 Å². The molecule has 15 heavy (non-hydrogen) atoms. The molecule has 2 atom stereocenters. The quantitative estimate of drug-likeness (QED) is 0.511. The second-order valence-corrected chi connectivity index (χ2v) is 6.54. The highest BCUT2D eigenvalue weighted by Gasteiger charge is 2.64.